The molecule has 1 heterocycles. The fraction of sp³-hybridized carbons (Fsp3) is 0.889. The Morgan fingerprint density at radius 3 is 1.79 bits per heavy atom. The summed E-state index contributed by atoms with van der Waals surface area (Å²) in [6.45, 7) is 3.10. The molecule has 8 nitrogen and oxygen atoms in total. The van der Waals surface area contributed by atoms with Crippen LogP contribution in [0.1, 0.15) is 13.8 Å². The molecule has 1 aliphatic rings. The maximum Gasteiger partial charge on any atom is 0.277 e. The van der Waals surface area contributed by atoms with Gasteiger partial charge < -0.3 is 4.90 Å². The Balaban J connectivity index is 2.80. The number of sulfone groups is 1. The van der Waals surface area contributed by atoms with Crippen LogP contribution in [0.15, 0.2) is 0 Å². The molecule has 0 unspecified atom stereocenters. The van der Waals surface area contributed by atoms with E-state index in [1.165, 1.54) is 18.7 Å². The number of rotatable bonds is 3. The lowest BCUT2D eigenvalue weighted by atomic mass is 10.1. The molecule has 0 atom stereocenters. The van der Waals surface area contributed by atoms with Gasteiger partial charge in [0, 0.05) is 32.4 Å². The van der Waals surface area contributed by atoms with Crippen LogP contribution in [0.5, 0.6) is 0 Å². The summed E-state index contributed by atoms with van der Waals surface area (Å²) in [4.78, 5) is 13.5. The van der Waals surface area contributed by atoms with Crippen molar-refractivity contribution in [3.8, 4) is 0 Å². The highest BCUT2D eigenvalue weighted by atomic mass is 32.2. The van der Waals surface area contributed by atoms with Crippen LogP contribution in [0, 0.1) is 0 Å². The maximum absolute atomic E-state index is 12.2. The topological polar surface area (TPSA) is 118 Å². The van der Waals surface area contributed by atoms with Crippen molar-refractivity contribution in [1.29, 1.82) is 0 Å². The van der Waals surface area contributed by atoms with Gasteiger partial charge in [-0.1, -0.05) is 0 Å². The molecule has 0 aromatic rings. The van der Waals surface area contributed by atoms with Gasteiger partial charge in [0.15, 0.2) is 9.84 Å². The van der Waals surface area contributed by atoms with Gasteiger partial charge in [-0.2, -0.15) is 12.7 Å². The Labute approximate surface area is 113 Å². The molecule has 0 spiro atoms. The smallest absolute Gasteiger partial charge is 0.277 e. The highest BCUT2D eigenvalue weighted by Crippen LogP contribution is 2.20. The first-order valence-corrected chi connectivity index (χ1v) is 9.03. The maximum atomic E-state index is 12.2. The average Bonchev–Trinajstić information content (AvgIpc) is 2.25. The lowest BCUT2D eigenvalue weighted by molar-refractivity contribution is -0.134. The van der Waals surface area contributed by atoms with Crippen molar-refractivity contribution in [3.63, 3.8) is 0 Å². The third-order valence-corrected chi connectivity index (χ3v) is 6.44. The second kappa shape index (κ2) is 5.00. The van der Waals surface area contributed by atoms with Crippen LogP contribution >= 0.6 is 0 Å². The van der Waals surface area contributed by atoms with Crippen LogP contribution in [-0.2, 0) is 24.8 Å². The van der Waals surface area contributed by atoms with Crippen LogP contribution in [0.4, 0.5) is 0 Å². The lowest BCUT2D eigenvalue weighted by Crippen LogP contribution is -2.57. The van der Waals surface area contributed by atoms with Crippen molar-refractivity contribution in [2.45, 2.75) is 18.6 Å². The van der Waals surface area contributed by atoms with Gasteiger partial charge >= 0.3 is 0 Å². The van der Waals surface area contributed by atoms with E-state index in [1.54, 1.807) is 0 Å². The summed E-state index contributed by atoms with van der Waals surface area (Å²) < 4.78 is 45.0. The predicted octanol–water partition coefficient (Wildman–Crippen LogP) is -1.84. The van der Waals surface area contributed by atoms with Crippen molar-refractivity contribution in [2.24, 2.45) is 5.14 Å². The Bertz CT molecular complexity index is 559. The van der Waals surface area contributed by atoms with Gasteiger partial charge in [-0.25, -0.2) is 13.6 Å². The van der Waals surface area contributed by atoms with Gasteiger partial charge in [0.25, 0.3) is 10.2 Å². The van der Waals surface area contributed by atoms with E-state index in [2.05, 4.69) is 0 Å². The van der Waals surface area contributed by atoms with E-state index in [-0.39, 0.29) is 26.2 Å². The standard InChI is InChI=1S/C9H19N3O5S2/c1-9(2,18(3,14)15)8(13)11-4-6-12(7-5-11)19(10,16)17/h4-7H2,1-3H3,(H2,10,16,17). The third-order valence-electron chi connectivity index (χ3n) is 3.33. The van der Waals surface area contributed by atoms with Crippen LogP contribution in [-0.4, -0.2) is 69.1 Å². The van der Waals surface area contributed by atoms with Gasteiger partial charge in [0.1, 0.15) is 4.75 Å². The zero-order chi connectivity index (χ0) is 15.1. The Morgan fingerprint density at radius 1 is 1.05 bits per heavy atom. The van der Waals surface area contributed by atoms with Crippen LogP contribution in [0.2, 0.25) is 0 Å². The monoisotopic (exact) mass is 313 g/mol. The molecule has 0 aliphatic carbocycles. The lowest BCUT2D eigenvalue weighted by Gasteiger charge is -2.36. The van der Waals surface area contributed by atoms with E-state index in [0.29, 0.717) is 0 Å². The first-order valence-electron chi connectivity index (χ1n) is 5.64. The van der Waals surface area contributed by atoms with E-state index in [9.17, 15) is 21.6 Å². The molecule has 2 N–H and O–H groups in total. The zero-order valence-electron chi connectivity index (χ0n) is 11.2. The summed E-state index contributed by atoms with van der Waals surface area (Å²) in [6.07, 6.45) is 1.01. The van der Waals surface area contributed by atoms with Gasteiger partial charge in [-0.05, 0) is 13.8 Å². The number of carbonyl (C=O) groups excluding carboxylic acids is 1. The quantitative estimate of drug-likeness (QED) is 0.656. The second-order valence-corrected chi connectivity index (χ2v) is 9.13. The molecule has 1 rings (SSSR count). The summed E-state index contributed by atoms with van der Waals surface area (Å²) in [5, 5.41) is 4.99. The van der Waals surface area contributed by atoms with E-state index in [0.717, 1.165) is 10.6 Å². The van der Waals surface area contributed by atoms with Crippen molar-refractivity contribution in [1.82, 2.24) is 9.21 Å². The molecule has 10 heteroatoms. The fourth-order valence-corrected chi connectivity index (χ4v) is 2.80. The number of piperazine rings is 1. The number of hydrogen-bond donors (Lipinski definition) is 1. The van der Waals surface area contributed by atoms with E-state index in [4.69, 9.17) is 5.14 Å². The minimum Gasteiger partial charge on any atom is -0.339 e. The molecule has 19 heavy (non-hydrogen) atoms. The average molecular weight is 313 g/mol. The molecule has 112 valence electrons. The van der Waals surface area contributed by atoms with Crippen molar-refractivity contribution in [2.75, 3.05) is 32.4 Å². The van der Waals surface area contributed by atoms with Crippen LogP contribution < -0.4 is 5.14 Å². The fourth-order valence-electron chi connectivity index (χ4n) is 1.69. The number of amides is 1. The van der Waals surface area contributed by atoms with Gasteiger partial charge in [-0.15, -0.1) is 0 Å². The summed E-state index contributed by atoms with van der Waals surface area (Å²) in [5.41, 5.74) is 0. The molecule has 0 aromatic heterocycles. The molecule has 1 aliphatic heterocycles. The molecule has 1 saturated heterocycles. The highest BCUT2D eigenvalue weighted by Gasteiger charge is 2.42. The van der Waals surface area contributed by atoms with Gasteiger partial charge in [0.05, 0.1) is 0 Å². The van der Waals surface area contributed by atoms with Crippen LogP contribution in [0.25, 0.3) is 0 Å². The molecule has 0 radical (unpaired) electrons. The Hall–Kier alpha value is -0.710. The first-order chi connectivity index (χ1) is 8.37. The molecule has 0 saturated carbocycles. The number of nitrogens with two attached hydrogens (primary N) is 1. The van der Waals surface area contributed by atoms with Gasteiger partial charge in [-0.3, -0.25) is 4.79 Å². The largest absolute Gasteiger partial charge is 0.339 e. The molecular weight excluding hydrogens is 294 g/mol. The molecular formula is C9H19N3O5S2. The molecule has 0 bridgehead atoms. The summed E-state index contributed by atoms with van der Waals surface area (Å²) in [5.74, 6) is -0.524. The second-order valence-electron chi connectivity index (χ2n) is 5.02. The minimum absolute atomic E-state index is 0.0738. The highest BCUT2D eigenvalue weighted by molar-refractivity contribution is 7.92. The predicted molar refractivity (Wildman–Crippen MR) is 70.2 cm³/mol. The zero-order valence-corrected chi connectivity index (χ0v) is 12.8. The van der Waals surface area contributed by atoms with Crippen molar-refractivity contribution >= 4 is 26.0 Å². The number of hydrogen-bond acceptors (Lipinski definition) is 5. The SMILES string of the molecule is CC(C)(C(=O)N1CCN(S(N)(=O)=O)CC1)S(C)(=O)=O. The normalized spacial score (nSPS) is 19.5. The van der Waals surface area contributed by atoms with Crippen molar-refractivity contribution < 1.29 is 21.6 Å². The minimum atomic E-state index is -3.76. The van der Waals surface area contributed by atoms with E-state index >= 15 is 0 Å². The van der Waals surface area contributed by atoms with E-state index in [1.807, 2.05) is 0 Å². The van der Waals surface area contributed by atoms with E-state index < -0.39 is 30.7 Å². The first kappa shape index (κ1) is 16.3. The Morgan fingerprint density at radius 2 is 1.47 bits per heavy atom. The number of carbonyl (C=O) groups is 1. The van der Waals surface area contributed by atoms with Crippen LogP contribution in [0.3, 0.4) is 0 Å². The Kier molecular flexibility index (Phi) is 4.30. The third kappa shape index (κ3) is 3.44. The summed E-state index contributed by atoms with van der Waals surface area (Å²) in [7, 11) is -7.30. The number of nitrogens with zero attached hydrogens (tertiary/aromatic N) is 2. The van der Waals surface area contributed by atoms with Crippen molar-refractivity contribution in [3.05, 3.63) is 0 Å². The molecule has 1 amide bonds. The van der Waals surface area contributed by atoms with Gasteiger partial charge in [0.2, 0.25) is 5.91 Å². The summed E-state index contributed by atoms with van der Waals surface area (Å²) >= 11 is 0. The summed E-state index contributed by atoms with van der Waals surface area (Å²) in [6, 6.07) is 0. The molecule has 1 fully saturated rings. The molecule has 0 aromatic carbocycles.